The van der Waals surface area contributed by atoms with Crippen molar-refractivity contribution in [2.45, 2.75) is 17.1 Å². The van der Waals surface area contributed by atoms with Crippen LogP contribution in [0, 0.1) is 17.1 Å². The van der Waals surface area contributed by atoms with Gasteiger partial charge >= 0.3 is 0 Å². The summed E-state index contributed by atoms with van der Waals surface area (Å²) in [6, 6.07) is 21.2. The molecule has 1 unspecified atom stereocenters. The number of nitrogens with zero attached hydrogens (tertiary/aromatic N) is 5. The van der Waals surface area contributed by atoms with Crippen LogP contribution < -0.4 is 15.1 Å². The summed E-state index contributed by atoms with van der Waals surface area (Å²) in [5, 5.41) is 11.1. The van der Waals surface area contributed by atoms with Gasteiger partial charge in [0.05, 0.1) is 27.7 Å². The second kappa shape index (κ2) is 10.7. The van der Waals surface area contributed by atoms with Crippen molar-refractivity contribution < 1.29 is 17.6 Å². The molecule has 1 aliphatic rings. The van der Waals surface area contributed by atoms with E-state index in [0.717, 1.165) is 0 Å². The van der Waals surface area contributed by atoms with Crippen LogP contribution in [-0.4, -0.2) is 50.5 Å². The van der Waals surface area contributed by atoms with Gasteiger partial charge in [0, 0.05) is 38.8 Å². The molecule has 1 aliphatic heterocycles. The van der Waals surface area contributed by atoms with Crippen molar-refractivity contribution in [3.63, 3.8) is 0 Å². The molecule has 9 nitrogen and oxygen atoms in total. The number of nitrogens with one attached hydrogen (secondary N) is 1. The fraction of sp³-hybridized carbons (Fsp3) is 0.214. The predicted molar refractivity (Wildman–Crippen MR) is 147 cm³/mol. The van der Waals surface area contributed by atoms with E-state index in [1.807, 2.05) is 21.9 Å². The SMILES string of the molecule is CC(=O)Nc1ccc(S(=O)(=O)C(C#N)c2nc3ccccc3nc2N2CCN(c3ccccc3F)CC2)cc1. The maximum Gasteiger partial charge on any atom is 0.221 e. The lowest BCUT2D eigenvalue weighted by Gasteiger charge is -2.37. The lowest BCUT2D eigenvalue weighted by molar-refractivity contribution is -0.114. The number of hydrogen-bond acceptors (Lipinski definition) is 8. The van der Waals surface area contributed by atoms with E-state index in [1.54, 1.807) is 36.4 Å². The number of rotatable bonds is 6. The third kappa shape index (κ3) is 5.24. The Morgan fingerprint density at radius 2 is 1.51 bits per heavy atom. The van der Waals surface area contributed by atoms with Crippen molar-refractivity contribution in [3.8, 4) is 6.07 Å². The van der Waals surface area contributed by atoms with E-state index in [2.05, 4.69) is 10.3 Å². The fourth-order valence-electron chi connectivity index (χ4n) is 4.63. The first-order valence-electron chi connectivity index (χ1n) is 12.3. The van der Waals surface area contributed by atoms with Gasteiger partial charge in [-0.05, 0) is 48.5 Å². The molecule has 3 aromatic carbocycles. The van der Waals surface area contributed by atoms with Crippen LogP contribution in [0.2, 0.25) is 0 Å². The maximum absolute atomic E-state index is 14.4. The molecule has 5 rings (SSSR count). The number of aromatic nitrogens is 2. The highest BCUT2D eigenvalue weighted by molar-refractivity contribution is 7.92. The van der Waals surface area contributed by atoms with Gasteiger partial charge in [-0.1, -0.05) is 24.3 Å². The molecular weight excluding hydrogens is 519 g/mol. The zero-order valence-corrected chi connectivity index (χ0v) is 21.9. The van der Waals surface area contributed by atoms with E-state index in [-0.39, 0.29) is 22.3 Å². The van der Waals surface area contributed by atoms with Crippen LogP contribution in [0.3, 0.4) is 0 Å². The molecule has 0 saturated carbocycles. The molecule has 1 amide bonds. The van der Waals surface area contributed by atoms with Gasteiger partial charge in [0.2, 0.25) is 15.7 Å². The van der Waals surface area contributed by atoms with Crippen molar-refractivity contribution in [2.75, 3.05) is 41.3 Å². The van der Waals surface area contributed by atoms with Crippen LogP contribution in [0.5, 0.6) is 0 Å². The highest BCUT2D eigenvalue weighted by Crippen LogP contribution is 2.35. The molecule has 0 radical (unpaired) electrons. The number of sulfone groups is 1. The second-order valence-electron chi connectivity index (χ2n) is 9.11. The van der Waals surface area contributed by atoms with E-state index in [9.17, 15) is 22.9 Å². The average Bonchev–Trinajstić information content (AvgIpc) is 2.93. The Kier molecular flexibility index (Phi) is 7.13. The van der Waals surface area contributed by atoms with E-state index >= 15 is 0 Å². The standard InChI is InChI=1S/C28H25FN6O3S/c1-19(36)31-20-10-12-21(13-11-20)39(37,38)26(18-30)27-28(33-24-8-4-3-7-23(24)32-27)35-16-14-34(15-17-35)25-9-5-2-6-22(25)29/h2-13,26H,14-17H2,1H3,(H,31,36). The Bertz CT molecular complexity index is 1680. The van der Waals surface area contributed by atoms with E-state index < -0.39 is 15.1 Å². The molecule has 11 heteroatoms. The van der Waals surface area contributed by atoms with Gasteiger partial charge in [0.1, 0.15) is 11.5 Å². The van der Waals surface area contributed by atoms with Crippen LogP contribution in [-0.2, 0) is 14.6 Å². The monoisotopic (exact) mass is 544 g/mol. The average molecular weight is 545 g/mol. The topological polar surface area (TPSA) is 119 Å². The Morgan fingerprint density at radius 3 is 2.13 bits per heavy atom. The molecule has 2 heterocycles. The summed E-state index contributed by atoms with van der Waals surface area (Å²) in [4.78, 5) is 24.4. The van der Waals surface area contributed by atoms with Crippen LogP contribution in [0.15, 0.2) is 77.7 Å². The Labute approximate surface area is 225 Å². The minimum absolute atomic E-state index is 0.0430. The summed E-state index contributed by atoms with van der Waals surface area (Å²) in [5.41, 5.74) is 2.02. The molecular formula is C28H25FN6O3S. The third-order valence-electron chi connectivity index (χ3n) is 6.53. The van der Waals surface area contributed by atoms with Gasteiger partial charge < -0.3 is 15.1 Å². The van der Waals surface area contributed by atoms with Crippen LogP contribution in [0.4, 0.5) is 21.6 Å². The molecule has 0 spiro atoms. The third-order valence-corrected chi connectivity index (χ3v) is 8.41. The predicted octanol–water partition coefficient (Wildman–Crippen LogP) is 4.09. The first-order valence-corrected chi connectivity index (χ1v) is 13.8. The molecule has 1 N–H and O–H groups in total. The quantitative estimate of drug-likeness (QED) is 0.386. The van der Waals surface area contributed by atoms with Gasteiger partial charge in [-0.15, -0.1) is 0 Å². The van der Waals surface area contributed by atoms with Gasteiger partial charge in [0.15, 0.2) is 11.1 Å². The van der Waals surface area contributed by atoms with Crippen LogP contribution in [0.1, 0.15) is 17.9 Å². The Hall–Kier alpha value is -4.56. The van der Waals surface area contributed by atoms with Gasteiger partial charge in [-0.2, -0.15) is 5.26 Å². The summed E-state index contributed by atoms with van der Waals surface area (Å²) in [6.45, 7) is 3.16. The lowest BCUT2D eigenvalue weighted by Crippen LogP contribution is -2.47. The normalized spacial score (nSPS) is 14.6. The number of para-hydroxylation sites is 3. The first-order chi connectivity index (χ1) is 18.8. The number of fused-ring (bicyclic) bond motifs is 1. The highest BCUT2D eigenvalue weighted by Gasteiger charge is 2.35. The first kappa shape index (κ1) is 26.1. The van der Waals surface area contributed by atoms with Gasteiger partial charge in [-0.3, -0.25) is 4.79 Å². The highest BCUT2D eigenvalue weighted by atomic mass is 32.2. The number of hydrogen-bond donors (Lipinski definition) is 1. The van der Waals surface area contributed by atoms with Crippen molar-refractivity contribution >= 4 is 44.0 Å². The van der Waals surface area contributed by atoms with E-state index in [0.29, 0.717) is 54.4 Å². The zero-order valence-electron chi connectivity index (χ0n) is 21.1. The number of nitriles is 1. The number of anilines is 3. The van der Waals surface area contributed by atoms with E-state index in [4.69, 9.17) is 4.98 Å². The van der Waals surface area contributed by atoms with Crippen molar-refractivity contribution in [1.29, 1.82) is 5.26 Å². The number of piperazine rings is 1. The Morgan fingerprint density at radius 1 is 0.923 bits per heavy atom. The molecule has 0 aliphatic carbocycles. The Balaban J connectivity index is 1.51. The molecule has 198 valence electrons. The largest absolute Gasteiger partial charge is 0.366 e. The molecule has 4 aromatic rings. The van der Waals surface area contributed by atoms with Gasteiger partial charge in [-0.25, -0.2) is 22.8 Å². The number of benzene rings is 3. The van der Waals surface area contributed by atoms with E-state index in [1.165, 1.54) is 37.3 Å². The van der Waals surface area contributed by atoms with Gasteiger partial charge in [0.25, 0.3) is 0 Å². The molecule has 1 fully saturated rings. The van der Waals surface area contributed by atoms with Crippen molar-refractivity contribution in [3.05, 3.63) is 84.3 Å². The molecule has 1 saturated heterocycles. The van der Waals surface area contributed by atoms with Crippen LogP contribution in [0.25, 0.3) is 11.0 Å². The smallest absolute Gasteiger partial charge is 0.221 e. The van der Waals surface area contributed by atoms with Crippen molar-refractivity contribution in [2.24, 2.45) is 0 Å². The number of carbonyl (C=O) groups excluding carboxylic acids is 1. The van der Waals surface area contributed by atoms with Crippen LogP contribution >= 0.6 is 0 Å². The molecule has 1 atom stereocenters. The zero-order chi connectivity index (χ0) is 27.6. The molecule has 0 bridgehead atoms. The summed E-state index contributed by atoms with van der Waals surface area (Å²) < 4.78 is 41.8. The number of amides is 1. The lowest BCUT2D eigenvalue weighted by atomic mass is 10.2. The minimum atomic E-state index is -4.20. The van der Waals surface area contributed by atoms with Crippen molar-refractivity contribution in [1.82, 2.24) is 9.97 Å². The fourth-order valence-corrected chi connectivity index (χ4v) is 6.00. The minimum Gasteiger partial charge on any atom is -0.366 e. The number of halogens is 1. The summed E-state index contributed by atoms with van der Waals surface area (Å²) in [5.74, 6) is -0.282. The summed E-state index contributed by atoms with van der Waals surface area (Å²) in [7, 11) is -4.20. The summed E-state index contributed by atoms with van der Waals surface area (Å²) in [6.07, 6.45) is 0. The number of carbonyl (C=O) groups is 1. The second-order valence-corrected chi connectivity index (χ2v) is 11.1. The summed E-state index contributed by atoms with van der Waals surface area (Å²) >= 11 is 0. The molecule has 39 heavy (non-hydrogen) atoms. The maximum atomic E-state index is 14.4. The molecule has 1 aromatic heterocycles.